The minimum absolute atomic E-state index is 0. The molecule has 0 aliphatic carbocycles. The Hall–Kier alpha value is -1.48. The maximum Gasteiger partial charge on any atom is 0.295 e. The van der Waals surface area contributed by atoms with Crippen molar-refractivity contribution in [2.75, 3.05) is 32.1 Å². The molecule has 3 rings (SSSR count). The average molecular weight is 449 g/mol. The highest BCUT2D eigenvalue weighted by atomic mass is 79.9. The highest BCUT2D eigenvalue weighted by molar-refractivity contribution is 9.10. The van der Waals surface area contributed by atoms with Crippen LogP contribution in [-0.4, -0.2) is 43.0 Å². The molecule has 3 aromatic rings. The van der Waals surface area contributed by atoms with Crippen LogP contribution in [0, 0.1) is 5.82 Å². The predicted molar refractivity (Wildman–Crippen MR) is 103 cm³/mol. The number of rotatable bonds is 5. The van der Waals surface area contributed by atoms with Crippen LogP contribution < -0.4 is 4.90 Å². The second-order valence-electron chi connectivity index (χ2n) is 5.45. The van der Waals surface area contributed by atoms with Crippen LogP contribution in [0.25, 0.3) is 10.2 Å². The first kappa shape index (κ1) is 19.8. The molecule has 0 aliphatic rings. The highest BCUT2D eigenvalue weighted by Gasteiger charge is 2.24. The van der Waals surface area contributed by atoms with Crippen molar-refractivity contribution in [2.24, 2.45) is 0 Å². The van der Waals surface area contributed by atoms with Crippen molar-refractivity contribution in [3.8, 4) is 0 Å². The second-order valence-corrected chi connectivity index (χ2v) is 7.24. The molecule has 2 heterocycles. The van der Waals surface area contributed by atoms with E-state index in [0.29, 0.717) is 27.6 Å². The second kappa shape index (κ2) is 8.27. The molecule has 0 saturated heterocycles. The zero-order chi connectivity index (χ0) is 17.3. The van der Waals surface area contributed by atoms with E-state index in [1.54, 1.807) is 24.3 Å². The Bertz CT molecular complexity index is 883. The first-order valence-electron chi connectivity index (χ1n) is 7.22. The van der Waals surface area contributed by atoms with Gasteiger partial charge in [0.2, 0.25) is 0 Å². The lowest BCUT2D eigenvalue weighted by Gasteiger charge is -2.20. The number of carbonyl (C=O) groups is 1. The number of anilines is 1. The third kappa shape index (κ3) is 4.38. The summed E-state index contributed by atoms with van der Waals surface area (Å²) >= 11 is 4.48. The Morgan fingerprint density at radius 1 is 1.28 bits per heavy atom. The zero-order valence-electron chi connectivity index (χ0n) is 13.5. The van der Waals surface area contributed by atoms with Gasteiger partial charge in [-0.3, -0.25) is 9.69 Å². The number of fused-ring (bicyclic) bond motifs is 1. The molecular weight excluding hydrogens is 433 g/mol. The molecule has 5 nitrogen and oxygen atoms in total. The number of halogens is 3. The number of thiazole rings is 1. The quantitative estimate of drug-likeness (QED) is 0.580. The maximum atomic E-state index is 13.9. The molecular formula is C16H16BrClFN3O2S. The molecule has 0 bridgehead atoms. The first-order valence-corrected chi connectivity index (χ1v) is 8.83. The summed E-state index contributed by atoms with van der Waals surface area (Å²) in [5.74, 6) is -0.488. The minimum atomic E-state index is -0.393. The average Bonchev–Trinajstić information content (AvgIpc) is 3.14. The number of nitrogens with zero attached hydrogens (tertiary/aromatic N) is 3. The van der Waals surface area contributed by atoms with Crippen molar-refractivity contribution < 1.29 is 13.6 Å². The molecule has 0 unspecified atom stereocenters. The van der Waals surface area contributed by atoms with E-state index in [0.717, 1.165) is 0 Å². The van der Waals surface area contributed by atoms with Gasteiger partial charge in [0.05, 0.1) is 4.70 Å². The Labute approximate surface area is 163 Å². The van der Waals surface area contributed by atoms with E-state index in [1.165, 1.54) is 22.3 Å². The van der Waals surface area contributed by atoms with E-state index in [1.807, 2.05) is 19.0 Å². The van der Waals surface area contributed by atoms with E-state index in [9.17, 15) is 9.18 Å². The molecule has 0 N–H and O–H groups in total. The van der Waals surface area contributed by atoms with Gasteiger partial charge >= 0.3 is 0 Å². The van der Waals surface area contributed by atoms with Crippen molar-refractivity contribution in [1.82, 2.24) is 9.88 Å². The lowest BCUT2D eigenvalue weighted by Crippen LogP contribution is -2.36. The van der Waals surface area contributed by atoms with Crippen LogP contribution in [0.15, 0.2) is 39.4 Å². The Morgan fingerprint density at radius 2 is 2.04 bits per heavy atom. The van der Waals surface area contributed by atoms with Gasteiger partial charge in [-0.1, -0.05) is 17.4 Å². The molecule has 1 aromatic carbocycles. The van der Waals surface area contributed by atoms with E-state index >= 15 is 0 Å². The van der Waals surface area contributed by atoms with Crippen molar-refractivity contribution in [1.29, 1.82) is 0 Å². The van der Waals surface area contributed by atoms with Crippen LogP contribution in [0.4, 0.5) is 9.52 Å². The molecule has 134 valence electrons. The SMILES string of the molecule is CN(C)CCN(C(=O)c1ccc(Br)o1)c1nc2c(F)cccc2s1.Cl. The minimum Gasteiger partial charge on any atom is -0.444 e. The van der Waals surface area contributed by atoms with Gasteiger partial charge in [-0.15, -0.1) is 12.4 Å². The normalized spacial score (nSPS) is 10.9. The predicted octanol–water partition coefficient (Wildman–Crippen LogP) is 4.42. The number of carbonyl (C=O) groups excluding carboxylic acids is 1. The van der Waals surface area contributed by atoms with Crippen molar-refractivity contribution in [2.45, 2.75) is 0 Å². The number of aromatic nitrogens is 1. The third-order valence-electron chi connectivity index (χ3n) is 3.39. The summed E-state index contributed by atoms with van der Waals surface area (Å²) in [4.78, 5) is 20.6. The fourth-order valence-electron chi connectivity index (χ4n) is 2.16. The molecule has 0 radical (unpaired) electrons. The first-order chi connectivity index (χ1) is 11.5. The van der Waals surface area contributed by atoms with Crippen molar-refractivity contribution in [3.05, 3.63) is 46.6 Å². The maximum absolute atomic E-state index is 13.9. The van der Waals surface area contributed by atoms with Gasteiger partial charge in [-0.2, -0.15) is 0 Å². The largest absolute Gasteiger partial charge is 0.444 e. The molecule has 0 fully saturated rings. The lowest BCUT2D eigenvalue weighted by molar-refractivity contribution is 0.0957. The van der Waals surface area contributed by atoms with Crippen molar-refractivity contribution in [3.63, 3.8) is 0 Å². The Balaban J connectivity index is 0.00000225. The summed E-state index contributed by atoms with van der Waals surface area (Å²) in [7, 11) is 3.84. The van der Waals surface area contributed by atoms with E-state index in [4.69, 9.17) is 4.42 Å². The lowest BCUT2D eigenvalue weighted by atomic mass is 10.3. The van der Waals surface area contributed by atoms with Gasteiger partial charge in [-0.25, -0.2) is 9.37 Å². The van der Waals surface area contributed by atoms with Gasteiger partial charge in [0.15, 0.2) is 15.6 Å². The fraction of sp³-hybridized carbons (Fsp3) is 0.250. The Morgan fingerprint density at radius 3 is 2.64 bits per heavy atom. The monoisotopic (exact) mass is 447 g/mol. The van der Waals surface area contributed by atoms with Gasteiger partial charge in [0.25, 0.3) is 5.91 Å². The summed E-state index contributed by atoms with van der Waals surface area (Å²) in [5, 5.41) is 0.453. The number of hydrogen-bond acceptors (Lipinski definition) is 5. The van der Waals surface area contributed by atoms with Gasteiger partial charge in [0.1, 0.15) is 11.3 Å². The number of likely N-dealkylation sites (N-methyl/N-ethyl adjacent to an activating group) is 1. The van der Waals surface area contributed by atoms with Crippen molar-refractivity contribution >= 4 is 60.9 Å². The molecule has 0 saturated carbocycles. The van der Waals surface area contributed by atoms with E-state index < -0.39 is 5.82 Å². The topological polar surface area (TPSA) is 49.6 Å². The summed E-state index contributed by atoms with van der Waals surface area (Å²) in [6.07, 6.45) is 0. The Kier molecular flexibility index (Phi) is 6.56. The van der Waals surface area contributed by atoms with Crippen LogP contribution in [0.2, 0.25) is 0 Å². The number of furan rings is 1. The molecule has 9 heteroatoms. The molecule has 0 aliphatic heterocycles. The van der Waals surface area contributed by atoms with Gasteiger partial charge in [-0.05, 0) is 54.3 Å². The third-order valence-corrected chi connectivity index (χ3v) is 4.86. The fourth-order valence-corrected chi connectivity index (χ4v) is 3.48. The molecule has 0 atom stereocenters. The zero-order valence-corrected chi connectivity index (χ0v) is 16.8. The number of hydrogen-bond donors (Lipinski definition) is 0. The summed E-state index contributed by atoms with van der Waals surface area (Å²) in [5.41, 5.74) is 0.278. The molecule has 2 aromatic heterocycles. The van der Waals surface area contributed by atoms with E-state index in [-0.39, 0.29) is 29.6 Å². The summed E-state index contributed by atoms with van der Waals surface area (Å²) in [6, 6.07) is 8.05. The van der Waals surface area contributed by atoms with Crippen LogP contribution in [-0.2, 0) is 0 Å². The van der Waals surface area contributed by atoms with Gasteiger partial charge < -0.3 is 9.32 Å². The molecule has 1 amide bonds. The van der Waals surface area contributed by atoms with Gasteiger partial charge in [0, 0.05) is 13.1 Å². The number of amides is 1. The number of para-hydroxylation sites is 1. The number of benzene rings is 1. The summed E-state index contributed by atoms with van der Waals surface area (Å²) in [6.45, 7) is 1.07. The van der Waals surface area contributed by atoms with Crippen LogP contribution in [0.5, 0.6) is 0 Å². The molecule has 0 spiro atoms. The van der Waals surface area contributed by atoms with Crippen LogP contribution >= 0.6 is 39.7 Å². The van der Waals surface area contributed by atoms with Crippen LogP contribution in [0.1, 0.15) is 10.6 Å². The van der Waals surface area contributed by atoms with Crippen LogP contribution in [0.3, 0.4) is 0 Å². The molecule has 25 heavy (non-hydrogen) atoms. The summed E-state index contributed by atoms with van der Waals surface area (Å²) < 4.78 is 20.5. The standard InChI is InChI=1S/C16H15BrFN3O2S.ClH/c1-20(2)8-9-21(15(22)11-6-7-13(17)23-11)16-19-14-10(18)4-3-5-12(14)24-16;/h3-7H,8-9H2,1-2H3;1H. The smallest absolute Gasteiger partial charge is 0.295 e. The van der Waals surface area contributed by atoms with E-state index in [2.05, 4.69) is 20.9 Å². The highest BCUT2D eigenvalue weighted by Crippen LogP contribution is 2.31.